The lowest BCUT2D eigenvalue weighted by Crippen LogP contribution is -2.05. The number of amides is 1. The molecule has 0 radical (unpaired) electrons. The molecule has 48 valence electrons. The molecule has 1 rings (SSSR count). The molecule has 0 bridgehead atoms. The Kier molecular flexibility index (Phi) is 1.74. The summed E-state index contributed by atoms with van der Waals surface area (Å²) >= 11 is 3.77. The van der Waals surface area contributed by atoms with Crippen LogP contribution in [0.4, 0.5) is 5.82 Å². The lowest BCUT2D eigenvalue weighted by atomic mass is 10.7. The highest BCUT2D eigenvalue weighted by Gasteiger charge is 1.98. The molecule has 1 heterocycles. The minimum Gasteiger partial charge on any atom is -0.349 e. The lowest BCUT2D eigenvalue weighted by molar-refractivity contribution is -0.106. The fraction of sp³-hybridized carbons (Fsp3) is 0. The Morgan fingerprint density at radius 1 is 1.89 bits per heavy atom. The summed E-state index contributed by atoms with van der Waals surface area (Å²) in [6.07, 6.45) is 3.61. The van der Waals surface area contributed by atoms with Gasteiger partial charge < -0.3 is 4.98 Å². The normalized spacial score (nSPS) is 9.00. The number of thiol groups is 1. The number of imidazole rings is 1. The number of rotatable bonds is 2. The third-order valence-electron chi connectivity index (χ3n) is 0.818. The van der Waals surface area contributed by atoms with Gasteiger partial charge in [-0.1, -0.05) is 12.8 Å². The van der Waals surface area contributed by atoms with E-state index in [1.54, 1.807) is 6.20 Å². The van der Waals surface area contributed by atoms with Crippen LogP contribution in [-0.4, -0.2) is 16.4 Å². The zero-order valence-electron chi connectivity index (χ0n) is 4.48. The minimum absolute atomic E-state index is 0.494. The number of nitrogens with zero attached hydrogens (tertiary/aromatic N) is 2. The van der Waals surface area contributed by atoms with Crippen molar-refractivity contribution >= 4 is 25.0 Å². The molecule has 0 fully saturated rings. The van der Waals surface area contributed by atoms with E-state index in [0.717, 1.165) is 4.31 Å². The Labute approximate surface area is 57.4 Å². The second-order valence-electron chi connectivity index (χ2n) is 1.38. The van der Waals surface area contributed by atoms with Crippen molar-refractivity contribution in [3.05, 3.63) is 12.5 Å². The molecule has 0 aliphatic heterocycles. The highest BCUT2D eigenvalue weighted by molar-refractivity contribution is 7.82. The molecule has 0 atom stereocenters. The van der Waals surface area contributed by atoms with Gasteiger partial charge in [0.2, 0.25) is 6.41 Å². The number of anilines is 1. The van der Waals surface area contributed by atoms with Crippen molar-refractivity contribution in [2.45, 2.75) is 0 Å². The second kappa shape index (κ2) is 2.54. The molecule has 5 heteroatoms. The molecule has 1 N–H and O–H groups in total. The summed E-state index contributed by atoms with van der Waals surface area (Å²) < 4.78 is 1.08. The number of hydrogen-bond acceptors (Lipinski definition) is 3. The fourth-order valence-electron chi connectivity index (χ4n) is 0.432. The molecule has 1 aromatic heterocycles. The van der Waals surface area contributed by atoms with Gasteiger partial charge >= 0.3 is 0 Å². The maximum atomic E-state index is 10.00. The summed E-state index contributed by atoms with van der Waals surface area (Å²) in [7, 11) is 0. The maximum Gasteiger partial charge on any atom is 0.225 e. The van der Waals surface area contributed by atoms with E-state index < -0.39 is 0 Å². The molecule has 0 spiro atoms. The molecule has 4 nitrogen and oxygen atoms in total. The molecule has 0 saturated carbocycles. The summed E-state index contributed by atoms with van der Waals surface area (Å²) in [5.74, 6) is 0.494. The van der Waals surface area contributed by atoms with E-state index in [-0.39, 0.29) is 0 Å². The molecule has 9 heavy (non-hydrogen) atoms. The van der Waals surface area contributed by atoms with Gasteiger partial charge in [-0.05, 0) is 0 Å². The highest BCUT2D eigenvalue weighted by Crippen LogP contribution is 2.06. The largest absolute Gasteiger partial charge is 0.349 e. The number of carbonyl (C=O) groups excluding carboxylic acids is 1. The Balaban J connectivity index is 2.76. The Hall–Kier alpha value is -0.970. The highest BCUT2D eigenvalue weighted by atomic mass is 32.1. The number of aromatic nitrogens is 2. The molecular formula is C4H5N3OS. The van der Waals surface area contributed by atoms with Crippen molar-refractivity contribution < 1.29 is 4.79 Å². The van der Waals surface area contributed by atoms with E-state index in [1.807, 2.05) is 0 Å². The van der Waals surface area contributed by atoms with Crippen LogP contribution in [0.25, 0.3) is 0 Å². The third kappa shape index (κ3) is 1.23. The average Bonchev–Trinajstić information content (AvgIpc) is 2.37. The summed E-state index contributed by atoms with van der Waals surface area (Å²) in [5.41, 5.74) is 0. The van der Waals surface area contributed by atoms with Crippen LogP contribution in [0.2, 0.25) is 0 Å². The molecule has 1 amide bonds. The van der Waals surface area contributed by atoms with E-state index in [9.17, 15) is 4.79 Å². The minimum atomic E-state index is 0.494. The van der Waals surface area contributed by atoms with E-state index in [2.05, 4.69) is 22.8 Å². The van der Waals surface area contributed by atoms with Gasteiger partial charge in [0.1, 0.15) is 0 Å². The number of aromatic amines is 1. The zero-order chi connectivity index (χ0) is 6.69. The maximum absolute atomic E-state index is 10.00. The summed E-state index contributed by atoms with van der Waals surface area (Å²) in [6.45, 7) is 0. The van der Waals surface area contributed by atoms with Crippen molar-refractivity contribution in [1.82, 2.24) is 9.97 Å². The van der Waals surface area contributed by atoms with E-state index in [1.165, 1.54) is 6.33 Å². The molecule has 0 aromatic carbocycles. The monoisotopic (exact) mass is 143 g/mol. The Bertz CT molecular complexity index is 186. The number of carbonyl (C=O) groups is 1. The van der Waals surface area contributed by atoms with Gasteiger partial charge in [-0.15, -0.1) is 0 Å². The topological polar surface area (TPSA) is 49.0 Å². The van der Waals surface area contributed by atoms with Crippen LogP contribution in [0.1, 0.15) is 0 Å². The van der Waals surface area contributed by atoms with Gasteiger partial charge in [-0.2, -0.15) is 0 Å². The lowest BCUT2D eigenvalue weighted by Gasteiger charge is -2.00. The summed E-state index contributed by atoms with van der Waals surface area (Å²) in [4.78, 5) is 16.4. The first-order valence-corrected chi connectivity index (χ1v) is 2.67. The van der Waals surface area contributed by atoms with Gasteiger partial charge in [0.15, 0.2) is 5.82 Å². The molecule has 0 aliphatic carbocycles. The predicted octanol–water partition coefficient (Wildman–Crippen LogP) is 0.217. The zero-order valence-corrected chi connectivity index (χ0v) is 5.38. The Morgan fingerprint density at radius 3 is 3.11 bits per heavy atom. The average molecular weight is 143 g/mol. The van der Waals surface area contributed by atoms with Gasteiger partial charge in [0.05, 0.1) is 6.33 Å². The van der Waals surface area contributed by atoms with Gasteiger partial charge in [-0.25, -0.2) is 9.29 Å². The van der Waals surface area contributed by atoms with Crippen LogP contribution in [0.15, 0.2) is 12.5 Å². The molecule has 0 aliphatic rings. The van der Waals surface area contributed by atoms with Crippen LogP contribution < -0.4 is 4.31 Å². The van der Waals surface area contributed by atoms with Crippen LogP contribution >= 0.6 is 12.8 Å². The molecule has 0 saturated heterocycles. The number of nitrogens with one attached hydrogen (secondary N) is 1. The van der Waals surface area contributed by atoms with E-state index in [4.69, 9.17) is 0 Å². The van der Waals surface area contributed by atoms with Crippen molar-refractivity contribution in [3.63, 3.8) is 0 Å². The summed E-state index contributed by atoms with van der Waals surface area (Å²) in [6, 6.07) is 0. The molecule has 1 aromatic rings. The first-order chi connectivity index (χ1) is 4.34. The van der Waals surface area contributed by atoms with Crippen LogP contribution in [0, 0.1) is 0 Å². The summed E-state index contributed by atoms with van der Waals surface area (Å²) in [5, 5.41) is 0. The standard InChI is InChI=1S/C4H5N3OS/c8-3-7(9)4-1-5-2-6-4/h1-3,9H,(H,5,6). The van der Waals surface area contributed by atoms with Crippen molar-refractivity contribution in [2.24, 2.45) is 0 Å². The number of H-pyrrole nitrogens is 1. The van der Waals surface area contributed by atoms with Crippen LogP contribution in [-0.2, 0) is 4.79 Å². The van der Waals surface area contributed by atoms with E-state index >= 15 is 0 Å². The predicted molar refractivity (Wildman–Crippen MR) is 36.1 cm³/mol. The quantitative estimate of drug-likeness (QED) is 0.459. The molecule has 0 unspecified atom stereocenters. The van der Waals surface area contributed by atoms with Crippen molar-refractivity contribution in [3.8, 4) is 0 Å². The smallest absolute Gasteiger partial charge is 0.225 e. The fourth-order valence-corrected chi connectivity index (χ4v) is 0.541. The SMILES string of the molecule is O=CN(S)c1c[nH]cn1. The van der Waals surface area contributed by atoms with E-state index in [0.29, 0.717) is 12.2 Å². The van der Waals surface area contributed by atoms with Crippen molar-refractivity contribution in [2.75, 3.05) is 4.31 Å². The first kappa shape index (κ1) is 6.15. The number of hydrogen-bond donors (Lipinski definition) is 2. The second-order valence-corrected chi connectivity index (χ2v) is 1.81. The molecular weight excluding hydrogens is 138 g/mol. The first-order valence-electron chi connectivity index (χ1n) is 2.27. The van der Waals surface area contributed by atoms with Crippen LogP contribution in [0.3, 0.4) is 0 Å². The van der Waals surface area contributed by atoms with Gasteiger partial charge in [0, 0.05) is 6.20 Å². The van der Waals surface area contributed by atoms with Gasteiger partial charge in [-0.3, -0.25) is 4.79 Å². The van der Waals surface area contributed by atoms with Crippen LogP contribution in [0.5, 0.6) is 0 Å². The van der Waals surface area contributed by atoms with Crippen molar-refractivity contribution in [1.29, 1.82) is 0 Å². The van der Waals surface area contributed by atoms with Gasteiger partial charge in [0.25, 0.3) is 0 Å². The Morgan fingerprint density at radius 2 is 2.67 bits per heavy atom. The third-order valence-corrected chi connectivity index (χ3v) is 1.12.